The minimum Gasteiger partial charge on any atom is -0.464 e. The zero-order chi connectivity index (χ0) is 16.2. The van der Waals surface area contributed by atoms with E-state index in [-0.39, 0.29) is 18.3 Å². The number of rotatable bonds is 4. The third-order valence-corrected chi connectivity index (χ3v) is 4.10. The van der Waals surface area contributed by atoms with E-state index in [2.05, 4.69) is 25.3 Å². The van der Waals surface area contributed by atoms with Crippen molar-refractivity contribution in [1.29, 1.82) is 0 Å². The predicted octanol–water partition coefficient (Wildman–Crippen LogP) is 1.27. The van der Waals surface area contributed by atoms with Crippen LogP contribution in [0.3, 0.4) is 0 Å². The number of morpholine rings is 1. The van der Waals surface area contributed by atoms with Gasteiger partial charge in [0.25, 0.3) is 5.91 Å². The highest BCUT2D eigenvalue weighted by Gasteiger charge is 2.22. The summed E-state index contributed by atoms with van der Waals surface area (Å²) in [4.78, 5) is 30.7. The number of aromatic amines is 1. The fourth-order valence-corrected chi connectivity index (χ4v) is 2.88. The molecule has 1 aliphatic heterocycles. The number of ether oxygens (including phenoxy) is 2. The quantitative estimate of drug-likeness (QED) is 0.698. The van der Waals surface area contributed by atoms with E-state index in [9.17, 15) is 9.59 Å². The standard InChI is InChI=1S/C14H16N4O4S.ClH/c1-21-13(20)9-4-8(5-16-9)10-7-23-14(17-10)18-12(19)11-6-15-2-3-22-11;/h4-5,7,11,15-16H,2-3,6H2,1H3,(H,17,18,19);1H. The van der Waals surface area contributed by atoms with Crippen molar-refractivity contribution in [3.63, 3.8) is 0 Å². The number of aromatic nitrogens is 2. The van der Waals surface area contributed by atoms with E-state index in [1.54, 1.807) is 17.6 Å². The Morgan fingerprint density at radius 3 is 3.04 bits per heavy atom. The summed E-state index contributed by atoms with van der Waals surface area (Å²) in [6.07, 6.45) is 1.16. The Bertz CT molecular complexity index is 711. The van der Waals surface area contributed by atoms with Crippen LogP contribution in [0, 0.1) is 0 Å². The number of H-pyrrole nitrogens is 1. The molecular weight excluding hydrogens is 356 g/mol. The first-order valence-electron chi connectivity index (χ1n) is 7.03. The topological polar surface area (TPSA) is 105 Å². The van der Waals surface area contributed by atoms with Gasteiger partial charge >= 0.3 is 5.97 Å². The molecule has 3 N–H and O–H groups in total. The van der Waals surface area contributed by atoms with Gasteiger partial charge in [0.1, 0.15) is 11.8 Å². The summed E-state index contributed by atoms with van der Waals surface area (Å²) in [5.41, 5.74) is 1.76. The van der Waals surface area contributed by atoms with Gasteiger partial charge in [-0.3, -0.25) is 10.1 Å². The number of carbonyl (C=O) groups excluding carboxylic acids is 2. The molecule has 24 heavy (non-hydrogen) atoms. The summed E-state index contributed by atoms with van der Waals surface area (Å²) in [6.45, 7) is 1.76. The average molecular weight is 373 g/mol. The van der Waals surface area contributed by atoms with Crippen LogP contribution in [-0.2, 0) is 14.3 Å². The number of carbonyl (C=O) groups is 2. The van der Waals surface area contributed by atoms with E-state index in [1.807, 2.05) is 0 Å². The third-order valence-electron chi connectivity index (χ3n) is 3.34. The molecule has 0 saturated carbocycles. The highest BCUT2D eigenvalue weighted by molar-refractivity contribution is 7.14. The summed E-state index contributed by atoms with van der Waals surface area (Å²) in [5.74, 6) is -0.663. The molecule has 0 radical (unpaired) electrons. The maximum absolute atomic E-state index is 12.1. The lowest BCUT2D eigenvalue weighted by Crippen LogP contribution is -2.45. The Morgan fingerprint density at radius 1 is 1.50 bits per heavy atom. The zero-order valence-corrected chi connectivity index (χ0v) is 14.5. The van der Waals surface area contributed by atoms with Crippen LogP contribution < -0.4 is 10.6 Å². The monoisotopic (exact) mass is 372 g/mol. The van der Waals surface area contributed by atoms with Crippen molar-refractivity contribution in [2.75, 3.05) is 32.1 Å². The maximum Gasteiger partial charge on any atom is 0.354 e. The van der Waals surface area contributed by atoms with E-state index in [0.29, 0.717) is 29.7 Å². The van der Waals surface area contributed by atoms with Gasteiger partial charge in [-0.05, 0) is 6.07 Å². The Morgan fingerprint density at radius 2 is 2.33 bits per heavy atom. The second-order valence-electron chi connectivity index (χ2n) is 4.88. The van der Waals surface area contributed by atoms with E-state index in [4.69, 9.17) is 4.74 Å². The molecule has 3 heterocycles. The SMILES string of the molecule is COC(=O)c1cc(-c2csc(NC(=O)C3CNCCO3)n2)c[nH]1.Cl. The molecule has 0 aliphatic carbocycles. The normalized spacial score (nSPS) is 17.0. The molecule has 1 atom stereocenters. The number of thiazole rings is 1. The number of halogens is 1. The number of esters is 1. The number of nitrogens with zero attached hydrogens (tertiary/aromatic N) is 1. The van der Waals surface area contributed by atoms with Gasteiger partial charge in [0.15, 0.2) is 5.13 Å². The fraction of sp³-hybridized carbons (Fsp3) is 0.357. The van der Waals surface area contributed by atoms with Crippen molar-refractivity contribution in [3.05, 3.63) is 23.3 Å². The van der Waals surface area contributed by atoms with Gasteiger partial charge in [-0.25, -0.2) is 9.78 Å². The highest BCUT2D eigenvalue weighted by Crippen LogP contribution is 2.25. The number of hydrogen-bond donors (Lipinski definition) is 3. The van der Waals surface area contributed by atoms with E-state index in [0.717, 1.165) is 12.1 Å². The van der Waals surface area contributed by atoms with Crippen LogP contribution in [0.1, 0.15) is 10.5 Å². The molecule has 1 amide bonds. The van der Waals surface area contributed by atoms with Gasteiger partial charge in [-0.1, -0.05) is 0 Å². The number of nitrogens with one attached hydrogen (secondary N) is 3. The van der Waals surface area contributed by atoms with Crippen molar-refractivity contribution in [3.8, 4) is 11.3 Å². The summed E-state index contributed by atoms with van der Waals surface area (Å²) < 4.78 is 10.0. The van der Waals surface area contributed by atoms with Crippen molar-refractivity contribution < 1.29 is 19.1 Å². The van der Waals surface area contributed by atoms with Crippen LogP contribution in [0.15, 0.2) is 17.6 Å². The predicted molar refractivity (Wildman–Crippen MR) is 91.7 cm³/mol. The molecule has 1 fully saturated rings. The fourth-order valence-electron chi connectivity index (χ4n) is 2.15. The molecule has 1 saturated heterocycles. The van der Waals surface area contributed by atoms with Gasteiger partial charge in [-0.2, -0.15) is 0 Å². The molecule has 1 aliphatic rings. The molecule has 0 spiro atoms. The lowest BCUT2D eigenvalue weighted by molar-refractivity contribution is -0.128. The highest BCUT2D eigenvalue weighted by atomic mass is 35.5. The molecule has 0 aromatic carbocycles. The zero-order valence-electron chi connectivity index (χ0n) is 12.8. The van der Waals surface area contributed by atoms with Crippen LogP contribution >= 0.6 is 23.7 Å². The lowest BCUT2D eigenvalue weighted by atomic mass is 10.2. The first kappa shape index (κ1) is 18.4. The molecule has 3 rings (SSSR count). The van der Waals surface area contributed by atoms with Gasteiger partial charge in [-0.15, -0.1) is 23.7 Å². The van der Waals surface area contributed by atoms with Gasteiger partial charge < -0.3 is 19.8 Å². The Balaban J connectivity index is 0.00000208. The van der Waals surface area contributed by atoms with Crippen LogP contribution in [0.4, 0.5) is 5.13 Å². The van der Waals surface area contributed by atoms with Gasteiger partial charge in [0.2, 0.25) is 0 Å². The smallest absolute Gasteiger partial charge is 0.354 e. The lowest BCUT2D eigenvalue weighted by Gasteiger charge is -2.22. The average Bonchev–Trinajstić information content (AvgIpc) is 3.24. The van der Waals surface area contributed by atoms with Crippen LogP contribution in [0.2, 0.25) is 0 Å². The van der Waals surface area contributed by atoms with Crippen LogP contribution in [-0.4, -0.2) is 54.8 Å². The third kappa shape index (κ3) is 4.12. The molecule has 0 bridgehead atoms. The Kier molecular flexibility index (Phi) is 6.32. The molecule has 2 aromatic rings. The Labute approximate surface area is 148 Å². The minimum atomic E-state index is -0.505. The summed E-state index contributed by atoms with van der Waals surface area (Å²) in [6, 6.07) is 1.65. The number of hydrogen-bond acceptors (Lipinski definition) is 7. The molecule has 2 aromatic heterocycles. The summed E-state index contributed by atoms with van der Waals surface area (Å²) in [7, 11) is 1.32. The molecule has 10 heteroatoms. The minimum absolute atomic E-state index is 0. The molecule has 8 nitrogen and oxygen atoms in total. The summed E-state index contributed by atoms with van der Waals surface area (Å²) >= 11 is 1.31. The van der Waals surface area contributed by atoms with Crippen molar-refractivity contribution in [1.82, 2.24) is 15.3 Å². The van der Waals surface area contributed by atoms with Crippen LogP contribution in [0.5, 0.6) is 0 Å². The largest absolute Gasteiger partial charge is 0.464 e. The number of amides is 1. The second kappa shape index (κ2) is 8.25. The molecule has 1 unspecified atom stereocenters. The molecule has 130 valence electrons. The van der Waals surface area contributed by atoms with E-state index >= 15 is 0 Å². The first-order valence-corrected chi connectivity index (χ1v) is 7.91. The van der Waals surface area contributed by atoms with Crippen LogP contribution in [0.25, 0.3) is 11.3 Å². The van der Waals surface area contributed by atoms with Crippen molar-refractivity contribution >= 4 is 40.8 Å². The Hall–Kier alpha value is -1.94. The summed E-state index contributed by atoms with van der Waals surface area (Å²) in [5, 5.41) is 8.14. The second-order valence-corrected chi connectivity index (χ2v) is 5.74. The van der Waals surface area contributed by atoms with Crippen molar-refractivity contribution in [2.45, 2.75) is 6.10 Å². The molecular formula is C14H17ClN4O4S. The maximum atomic E-state index is 12.1. The van der Waals surface area contributed by atoms with E-state index < -0.39 is 12.1 Å². The first-order chi connectivity index (χ1) is 11.2. The van der Waals surface area contributed by atoms with Gasteiger partial charge in [0.05, 0.1) is 19.4 Å². The van der Waals surface area contributed by atoms with E-state index in [1.165, 1.54) is 18.4 Å². The van der Waals surface area contributed by atoms with Crippen molar-refractivity contribution in [2.24, 2.45) is 0 Å². The number of methoxy groups -OCH3 is 1. The number of anilines is 1. The van der Waals surface area contributed by atoms with Gasteiger partial charge in [0, 0.05) is 30.2 Å².